The number of hydrogen-bond acceptors (Lipinski definition) is 16. The van der Waals surface area contributed by atoms with Gasteiger partial charge in [0.15, 0.2) is 24.4 Å². The first kappa shape index (κ1) is 59.6. The molecule has 4 N–H and O–H groups in total. The van der Waals surface area contributed by atoms with Gasteiger partial charge in [0.2, 0.25) is 0 Å². The molecule has 2 saturated heterocycles. The maximum absolute atomic E-state index is 13.0. The average molecular weight is 1130 g/mol. The Kier molecular flexibility index (Phi) is 21.9. The number of aromatic nitrogens is 2. The minimum atomic E-state index is -1.38. The summed E-state index contributed by atoms with van der Waals surface area (Å²) in [6.07, 6.45) is 4.52. The minimum Gasteiger partial charge on any atom is -0.484 e. The lowest BCUT2D eigenvalue weighted by molar-refractivity contribution is -0.135. The number of rotatable bonds is 20. The summed E-state index contributed by atoms with van der Waals surface area (Å²) >= 11 is 1.99. The summed E-state index contributed by atoms with van der Waals surface area (Å²) in [5.74, 6) is -1.07. The van der Waals surface area contributed by atoms with Crippen molar-refractivity contribution in [1.29, 1.82) is 10.5 Å². The Balaban J connectivity index is 0.000000234. The number of aliphatic carboxylic acids is 1. The fourth-order valence-electron chi connectivity index (χ4n) is 8.74. The third-order valence-electron chi connectivity index (χ3n) is 13.0. The second-order valence-corrected chi connectivity index (χ2v) is 20.5. The van der Waals surface area contributed by atoms with E-state index in [1.165, 1.54) is 32.5 Å². The molecule has 4 heterocycles. The molecule has 2 aliphatic heterocycles. The molecule has 8 rings (SSSR count). The van der Waals surface area contributed by atoms with Crippen molar-refractivity contribution in [3.63, 3.8) is 0 Å². The molecule has 20 nitrogen and oxygen atoms in total. The fraction of sp³-hybridized carbons (Fsp3) is 0.288. The Morgan fingerprint density at radius 1 is 0.617 bits per heavy atom. The van der Waals surface area contributed by atoms with Gasteiger partial charge in [0.1, 0.15) is 42.0 Å². The summed E-state index contributed by atoms with van der Waals surface area (Å²) in [5.41, 5.74) is 2.49. The van der Waals surface area contributed by atoms with E-state index in [9.17, 15) is 44.4 Å². The third kappa shape index (κ3) is 16.5. The summed E-state index contributed by atoms with van der Waals surface area (Å²) < 4.78 is 15.2. The van der Waals surface area contributed by atoms with Crippen molar-refractivity contribution in [2.24, 2.45) is 0 Å². The van der Waals surface area contributed by atoms with Gasteiger partial charge in [0.25, 0.3) is 28.8 Å². The van der Waals surface area contributed by atoms with Crippen molar-refractivity contribution in [1.82, 2.24) is 34.1 Å². The number of carbonyl (C=O) groups excluding carboxylic acids is 3. The Hall–Kier alpha value is -9.06. The van der Waals surface area contributed by atoms with Crippen molar-refractivity contribution in [3.8, 4) is 23.6 Å². The smallest absolute Gasteiger partial charge is 0.349 e. The summed E-state index contributed by atoms with van der Waals surface area (Å²) in [6.45, 7) is 15.2. The molecule has 0 spiro atoms. The number of nitriles is 2. The Morgan fingerprint density at radius 2 is 1.04 bits per heavy atom. The van der Waals surface area contributed by atoms with E-state index in [0.29, 0.717) is 60.1 Å². The van der Waals surface area contributed by atoms with Crippen LogP contribution in [-0.2, 0) is 45.4 Å². The second kappa shape index (κ2) is 29.8. The number of benzene rings is 4. The van der Waals surface area contributed by atoms with Crippen molar-refractivity contribution >= 4 is 81.3 Å². The molecule has 0 aliphatic carbocycles. The summed E-state index contributed by atoms with van der Waals surface area (Å²) in [7, 11) is 0. The minimum absolute atomic E-state index is 0.0628. The van der Waals surface area contributed by atoms with E-state index >= 15 is 0 Å². The van der Waals surface area contributed by atoms with Gasteiger partial charge in [-0.15, -0.1) is 29.3 Å². The van der Waals surface area contributed by atoms with Crippen LogP contribution >= 0.6 is 22.7 Å². The molecule has 81 heavy (non-hydrogen) atoms. The van der Waals surface area contributed by atoms with Crippen molar-refractivity contribution in [2.75, 3.05) is 82.8 Å². The molecule has 2 fully saturated rings. The van der Waals surface area contributed by atoms with Gasteiger partial charge in [-0.3, -0.25) is 42.9 Å². The zero-order chi connectivity index (χ0) is 57.7. The number of nitrogens with one attached hydrogen (secondary N) is 3. The summed E-state index contributed by atoms with van der Waals surface area (Å²) in [4.78, 5) is 83.3. The van der Waals surface area contributed by atoms with E-state index in [1.807, 2.05) is 52.3 Å². The molecule has 0 bridgehead atoms. The van der Waals surface area contributed by atoms with Crippen LogP contribution in [0, 0.1) is 22.7 Å². The standard InChI is InChI=1S/C31H34N6O4S.C28H29N5O5S/c1-3-13-33-29(39)26(19-32)31-37(4-2)30(40)27(42-31)20-34-24-11-8-12-25(18-24)41-22-28(38)36-16-14-35(15-17-36)21-23-9-6-5-7-10-23;1-2-33-26(35)24(39-27(33)23(16-29)28(36)37)17-30-21-9-6-10-22(15-21)38-19-25(34)32-13-11-31(12-14-32)18-20-7-4-3-5-8-20/h3,5-12,18,20,34H,1,4,13-17,21-22H2,2H3,(H,33,39);3-10,15,17,30H,2,11-14,18-19H2,1H3,(H,36,37). The normalized spacial score (nSPS) is 14.8. The molecule has 420 valence electrons. The van der Waals surface area contributed by atoms with E-state index in [0.717, 1.165) is 61.9 Å². The van der Waals surface area contributed by atoms with Crippen LogP contribution in [0.25, 0.3) is 23.5 Å². The molecule has 6 aromatic rings. The van der Waals surface area contributed by atoms with Crippen molar-refractivity contribution in [3.05, 3.63) is 172 Å². The third-order valence-corrected chi connectivity index (χ3v) is 15.3. The maximum atomic E-state index is 13.0. The van der Waals surface area contributed by atoms with Gasteiger partial charge in [-0.1, -0.05) is 78.9 Å². The molecular formula is C59H63N11O9S2. The van der Waals surface area contributed by atoms with Crippen LogP contribution in [0.5, 0.6) is 11.5 Å². The number of anilines is 2. The first-order valence-corrected chi connectivity index (χ1v) is 27.8. The number of carboxylic acids is 1. The lowest BCUT2D eigenvalue weighted by Crippen LogP contribution is -2.49. The highest BCUT2D eigenvalue weighted by molar-refractivity contribution is 7.08. The van der Waals surface area contributed by atoms with Gasteiger partial charge in [-0.05, 0) is 49.2 Å². The first-order valence-electron chi connectivity index (χ1n) is 26.2. The molecule has 0 radical (unpaired) electrons. The number of hydrogen-bond donors (Lipinski definition) is 4. The molecule has 4 aromatic carbocycles. The first-order chi connectivity index (χ1) is 39.3. The zero-order valence-corrected chi connectivity index (χ0v) is 46.7. The van der Waals surface area contributed by atoms with E-state index < -0.39 is 17.4 Å². The fourth-order valence-corrected chi connectivity index (χ4v) is 10.9. The molecule has 0 unspecified atom stereocenters. The predicted molar refractivity (Wildman–Crippen MR) is 313 cm³/mol. The molecule has 0 saturated carbocycles. The van der Waals surface area contributed by atoms with Crippen LogP contribution in [0.3, 0.4) is 0 Å². The highest BCUT2D eigenvalue weighted by Gasteiger charge is 2.23. The number of amides is 3. The number of carboxylic acid groups (broad SMARTS) is 1. The predicted octanol–water partition coefficient (Wildman–Crippen LogP) is 2.74. The highest BCUT2D eigenvalue weighted by Crippen LogP contribution is 2.20. The van der Waals surface area contributed by atoms with Gasteiger partial charge in [-0.2, -0.15) is 10.5 Å². The molecule has 0 atom stereocenters. The lowest BCUT2D eigenvalue weighted by atomic mass is 10.2. The van der Waals surface area contributed by atoms with Crippen molar-refractivity contribution in [2.45, 2.75) is 40.0 Å². The number of carbonyl (C=O) groups is 4. The van der Waals surface area contributed by atoms with E-state index in [-0.39, 0.29) is 68.7 Å². The summed E-state index contributed by atoms with van der Waals surface area (Å²) in [6, 6.07) is 38.2. The molecule has 2 aromatic heterocycles. The zero-order valence-electron chi connectivity index (χ0n) is 45.0. The van der Waals surface area contributed by atoms with E-state index in [4.69, 9.17) is 9.47 Å². The number of thiazole rings is 2. The quantitative estimate of drug-likeness (QED) is 0.0803. The van der Waals surface area contributed by atoms with Crippen LogP contribution in [0.4, 0.5) is 11.4 Å². The largest absolute Gasteiger partial charge is 0.484 e. The SMILES string of the molecule is C=CCNC(=O)C(C#N)=c1sc(=CNc2cccc(OCC(=O)N3CCN(Cc4ccccc4)CC3)c2)c(=O)n1CC.CCn1c(=C(C#N)C(=O)O)sc(=CNc2cccc(OCC(=O)N3CCN(Cc4ccccc4)CC3)c2)c1=O. The van der Waals surface area contributed by atoms with Gasteiger partial charge in [0.05, 0.1) is 0 Å². The second-order valence-electron chi connectivity index (χ2n) is 18.4. The van der Waals surface area contributed by atoms with E-state index in [2.05, 4.69) is 56.6 Å². The van der Waals surface area contributed by atoms with Crippen LogP contribution < -0.4 is 54.9 Å². The van der Waals surface area contributed by atoms with Gasteiger partial charge in [0, 0.05) is 121 Å². The maximum Gasteiger partial charge on any atom is 0.349 e. The van der Waals surface area contributed by atoms with Gasteiger partial charge in [-0.25, -0.2) is 4.79 Å². The monoisotopic (exact) mass is 1130 g/mol. The Labute approximate surface area is 475 Å². The van der Waals surface area contributed by atoms with Crippen LogP contribution in [0.2, 0.25) is 0 Å². The number of piperazine rings is 2. The molecule has 22 heteroatoms. The lowest BCUT2D eigenvalue weighted by Gasteiger charge is -2.34. The van der Waals surface area contributed by atoms with Crippen LogP contribution in [-0.4, -0.2) is 130 Å². The number of ether oxygens (including phenoxy) is 2. The number of nitrogens with zero attached hydrogens (tertiary/aromatic N) is 8. The van der Waals surface area contributed by atoms with E-state index in [1.54, 1.807) is 74.6 Å². The van der Waals surface area contributed by atoms with Crippen LogP contribution in [0.15, 0.2) is 131 Å². The molecule has 3 amide bonds. The van der Waals surface area contributed by atoms with Gasteiger partial charge >= 0.3 is 5.97 Å². The topological polar surface area (TPSA) is 248 Å². The van der Waals surface area contributed by atoms with Crippen molar-refractivity contribution < 1.29 is 33.8 Å². The molecule has 2 aliphatic rings. The Morgan fingerprint density at radius 3 is 1.42 bits per heavy atom. The average Bonchev–Trinajstić information content (AvgIpc) is 3.98. The highest BCUT2D eigenvalue weighted by atomic mass is 32.1. The van der Waals surface area contributed by atoms with Gasteiger partial charge < -0.3 is 40.3 Å². The Bertz CT molecular complexity index is 3660. The molecular weight excluding hydrogens is 1070 g/mol. The summed E-state index contributed by atoms with van der Waals surface area (Å²) in [5, 5.41) is 36.8. The van der Waals surface area contributed by atoms with Crippen LogP contribution in [0.1, 0.15) is 25.0 Å².